The van der Waals surface area contributed by atoms with Crippen LogP contribution in [0.4, 0.5) is 9.52 Å². The summed E-state index contributed by atoms with van der Waals surface area (Å²) in [6, 6.07) is 11.3. The lowest BCUT2D eigenvalue weighted by Gasteiger charge is -2.14. The topological polar surface area (TPSA) is 51.7 Å². The van der Waals surface area contributed by atoms with Crippen molar-refractivity contribution in [3.8, 4) is 22.8 Å². The second-order valence-electron chi connectivity index (χ2n) is 5.43. The molecule has 5 nitrogen and oxygen atoms in total. The van der Waals surface area contributed by atoms with E-state index in [1.54, 1.807) is 45.5 Å². The molecular weight excluding hydrogens is 355 g/mol. The van der Waals surface area contributed by atoms with Gasteiger partial charge in [-0.2, -0.15) is 0 Å². The van der Waals surface area contributed by atoms with Crippen molar-refractivity contribution in [1.82, 2.24) is 4.98 Å². The molecule has 0 aliphatic heterocycles. The second kappa shape index (κ2) is 7.53. The molecule has 0 aliphatic carbocycles. The molecule has 1 amide bonds. The summed E-state index contributed by atoms with van der Waals surface area (Å²) in [6.45, 7) is 0. The number of methoxy groups -OCH3 is 2. The van der Waals surface area contributed by atoms with E-state index in [0.717, 1.165) is 5.56 Å². The average molecular weight is 372 g/mol. The maximum atomic E-state index is 13.9. The Morgan fingerprint density at radius 1 is 1.15 bits per heavy atom. The molecule has 2 aromatic carbocycles. The van der Waals surface area contributed by atoms with E-state index in [9.17, 15) is 9.18 Å². The lowest BCUT2D eigenvalue weighted by molar-refractivity contribution is 0.0989. The fourth-order valence-electron chi connectivity index (χ4n) is 2.46. The molecule has 3 aromatic rings. The fourth-order valence-corrected chi connectivity index (χ4v) is 3.25. The van der Waals surface area contributed by atoms with Crippen molar-refractivity contribution in [2.45, 2.75) is 0 Å². The zero-order valence-electron chi connectivity index (χ0n) is 14.5. The van der Waals surface area contributed by atoms with Gasteiger partial charge in [0.15, 0.2) is 5.13 Å². The molecule has 134 valence electrons. The number of hydrogen-bond donors (Lipinski definition) is 0. The second-order valence-corrected chi connectivity index (χ2v) is 6.26. The molecule has 1 heterocycles. The first-order valence-corrected chi connectivity index (χ1v) is 8.63. The van der Waals surface area contributed by atoms with Gasteiger partial charge in [-0.3, -0.25) is 9.69 Å². The summed E-state index contributed by atoms with van der Waals surface area (Å²) in [7, 11) is 4.73. The highest BCUT2D eigenvalue weighted by Gasteiger charge is 2.20. The number of hydrogen-bond acceptors (Lipinski definition) is 5. The molecule has 26 heavy (non-hydrogen) atoms. The van der Waals surface area contributed by atoms with E-state index >= 15 is 0 Å². The van der Waals surface area contributed by atoms with Crippen molar-refractivity contribution >= 4 is 22.4 Å². The van der Waals surface area contributed by atoms with Crippen molar-refractivity contribution in [3.63, 3.8) is 0 Å². The highest BCUT2D eigenvalue weighted by atomic mass is 32.1. The predicted octanol–water partition coefficient (Wildman–Crippen LogP) is 4.24. The van der Waals surface area contributed by atoms with Crippen LogP contribution in [-0.4, -0.2) is 32.2 Å². The van der Waals surface area contributed by atoms with E-state index in [2.05, 4.69) is 4.98 Å². The van der Waals surface area contributed by atoms with E-state index in [1.165, 1.54) is 28.4 Å². The van der Waals surface area contributed by atoms with Crippen LogP contribution in [0.15, 0.2) is 47.8 Å². The third-order valence-electron chi connectivity index (χ3n) is 3.87. The van der Waals surface area contributed by atoms with Crippen LogP contribution in [0.5, 0.6) is 11.5 Å². The van der Waals surface area contributed by atoms with Crippen LogP contribution in [0.3, 0.4) is 0 Å². The lowest BCUT2D eigenvalue weighted by atomic mass is 10.1. The lowest BCUT2D eigenvalue weighted by Crippen LogP contribution is -2.26. The summed E-state index contributed by atoms with van der Waals surface area (Å²) in [4.78, 5) is 18.4. The molecule has 0 N–H and O–H groups in total. The van der Waals surface area contributed by atoms with E-state index in [4.69, 9.17) is 9.47 Å². The van der Waals surface area contributed by atoms with Gasteiger partial charge in [-0.1, -0.05) is 12.1 Å². The standard InChI is InChI=1S/C19H17FN2O3S/c1-22(18(23)13-6-4-5-7-15(13)20)19-21-16(11-26-19)14-10-12(24-2)8-9-17(14)25-3/h4-11H,1-3H3. The van der Waals surface area contributed by atoms with E-state index < -0.39 is 11.7 Å². The Morgan fingerprint density at radius 3 is 2.62 bits per heavy atom. The first-order chi connectivity index (χ1) is 12.5. The number of thiazole rings is 1. The summed E-state index contributed by atoms with van der Waals surface area (Å²) in [5, 5.41) is 2.27. The van der Waals surface area contributed by atoms with Gasteiger partial charge in [0, 0.05) is 18.0 Å². The summed E-state index contributed by atoms with van der Waals surface area (Å²) in [5.41, 5.74) is 1.40. The van der Waals surface area contributed by atoms with Gasteiger partial charge in [0.2, 0.25) is 0 Å². The summed E-state index contributed by atoms with van der Waals surface area (Å²) in [5.74, 6) is 0.300. The van der Waals surface area contributed by atoms with Crippen LogP contribution in [-0.2, 0) is 0 Å². The zero-order chi connectivity index (χ0) is 18.7. The molecule has 0 saturated heterocycles. The number of anilines is 1. The number of carbonyl (C=O) groups is 1. The Labute approximate surface area is 154 Å². The number of carbonyl (C=O) groups excluding carboxylic acids is 1. The van der Waals surface area contributed by atoms with Gasteiger partial charge in [0.1, 0.15) is 17.3 Å². The maximum absolute atomic E-state index is 13.9. The minimum atomic E-state index is -0.560. The van der Waals surface area contributed by atoms with Gasteiger partial charge in [0.05, 0.1) is 25.5 Å². The molecule has 0 unspecified atom stereocenters. The number of nitrogens with zero attached hydrogens (tertiary/aromatic N) is 2. The van der Waals surface area contributed by atoms with Crippen LogP contribution < -0.4 is 14.4 Å². The number of benzene rings is 2. The van der Waals surface area contributed by atoms with E-state index in [-0.39, 0.29) is 5.56 Å². The molecule has 7 heteroatoms. The summed E-state index contributed by atoms with van der Waals surface area (Å²) in [6.07, 6.45) is 0. The van der Waals surface area contributed by atoms with Crippen LogP contribution in [0.2, 0.25) is 0 Å². The largest absolute Gasteiger partial charge is 0.497 e. The van der Waals surface area contributed by atoms with Crippen LogP contribution in [0.1, 0.15) is 10.4 Å². The molecule has 0 fully saturated rings. The monoisotopic (exact) mass is 372 g/mol. The Kier molecular flexibility index (Phi) is 5.18. The van der Waals surface area contributed by atoms with Gasteiger partial charge in [-0.05, 0) is 30.3 Å². The van der Waals surface area contributed by atoms with Gasteiger partial charge in [-0.25, -0.2) is 9.37 Å². The number of rotatable bonds is 5. The van der Waals surface area contributed by atoms with Gasteiger partial charge in [0.25, 0.3) is 5.91 Å². The molecule has 0 spiro atoms. The molecule has 3 rings (SSSR count). The van der Waals surface area contributed by atoms with Crippen molar-refractivity contribution in [2.24, 2.45) is 0 Å². The van der Waals surface area contributed by atoms with Crippen LogP contribution in [0, 0.1) is 5.82 Å². The first-order valence-electron chi connectivity index (χ1n) is 7.75. The molecule has 1 aromatic heterocycles. The van der Waals surface area contributed by atoms with Gasteiger partial charge in [-0.15, -0.1) is 11.3 Å². The van der Waals surface area contributed by atoms with E-state index in [0.29, 0.717) is 22.3 Å². The maximum Gasteiger partial charge on any atom is 0.262 e. The highest BCUT2D eigenvalue weighted by Crippen LogP contribution is 2.35. The van der Waals surface area contributed by atoms with Crippen LogP contribution >= 0.6 is 11.3 Å². The summed E-state index contributed by atoms with van der Waals surface area (Å²) >= 11 is 1.29. The SMILES string of the molecule is COc1ccc(OC)c(-c2csc(N(C)C(=O)c3ccccc3F)n2)c1. The third-order valence-corrected chi connectivity index (χ3v) is 4.79. The quantitative estimate of drug-likeness (QED) is 0.672. The molecule has 0 aliphatic rings. The van der Waals surface area contributed by atoms with Crippen molar-refractivity contribution in [1.29, 1.82) is 0 Å². The molecule has 0 saturated carbocycles. The molecule has 0 radical (unpaired) electrons. The number of halogens is 1. The third kappa shape index (κ3) is 3.39. The number of aromatic nitrogens is 1. The Hall–Kier alpha value is -2.93. The smallest absolute Gasteiger partial charge is 0.262 e. The Morgan fingerprint density at radius 2 is 1.92 bits per heavy atom. The van der Waals surface area contributed by atoms with Crippen LogP contribution in [0.25, 0.3) is 11.3 Å². The molecular formula is C19H17FN2O3S. The number of ether oxygens (including phenoxy) is 2. The minimum Gasteiger partial charge on any atom is -0.497 e. The van der Waals surface area contributed by atoms with Crippen molar-refractivity contribution in [2.75, 3.05) is 26.2 Å². The van der Waals surface area contributed by atoms with Crippen molar-refractivity contribution in [3.05, 3.63) is 59.2 Å². The minimum absolute atomic E-state index is 0.00529. The molecule has 0 atom stereocenters. The zero-order valence-corrected chi connectivity index (χ0v) is 15.3. The van der Waals surface area contributed by atoms with Crippen molar-refractivity contribution < 1.29 is 18.7 Å². The summed E-state index contributed by atoms with van der Waals surface area (Å²) < 4.78 is 24.5. The normalized spacial score (nSPS) is 10.5. The molecule has 0 bridgehead atoms. The Balaban J connectivity index is 1.93. The van der Waals surface area contributed by atoms with Gasteiger partial charge >= 0.3 is 0 Å². The number of amides is 1. The van der Waals surface area contributed by atoms with Gasteiger partial charge < -0.3 is 9.47 Å². The fraction of sp³-hybridized carbons (Fsp3) is 0.158. The highest BCUT2D eigenvalue weighted by molar-refractivity contribution is 7.14. The average Bonchev–Trinajstić information content (AvgIpc) is 3.16. The Bertz CT molecular complexity index is 942. The first kappa shape index (κ1) is 17.9. The predicted molar refractivity (Wildman–Crippen MR) is 99.8 cm³/mol. The van der Waals surface area contributed by atoms with E-state index in [1.807, 2.05) is 11.4 Å².